The van der Waals surface area contributed by atoms with Crippen molar-refractivity contribution in [1.29, 1.82) is 0 Å². The highest BCUT2D eigenvalue weighted by Crippen LogP contribution is 2.06. The Hall–Kier alpha value is -1.68. The van der Waals surface area contributed by atoms with Gasteiger partial charge in [-0.05, 0) is 33.0 Å². The lowest BCUT2D eigenvalue weighted by Gasteiger charge is -2.20. The van der Waals surface area contributed by atoms with Crippen LogP contribution in [0.3, 0.4) is 0 Å². The molecule has 0 aliphatic heterocycles. The van der Waals surface area contributed by atoms with Crippen LogP contribution in [0.2, 0.25) is 0 Å². The summed E-state index contributed by atoms with van der Waals surface area (Å²) in [5.74, 6) is 0. The van der Waals surface area contributed by atoms with Gasteiger partial charge in [0, 0.05) is 17.3 Å². The van der Waals surface area contributed by atoms with Crippen molar-refractivity contribution in [3.63, 3.8) is 0 Å². The van der Waals surface area contributed by atoms with Gasteiger partial charge in [-0.15, -0.1) is 4.95 Å². The van der Waals surface area contributed by atoms with Crippen LogP contribution in [0.5, 0.6) is 0 Å². The van der Waals surface area contributed by atoms with Crippen LogP contribution in [0.15, 0.2) is 9.59 Å². The van der Waals surface area contributed by atoms with Gasteiger partial charge in [-0.25, -0.2) is 14.2 Å². The second kappa shape index (κ2) is 3.72. The van der Waals surface area contributed by atoms with E-state index in [0.29, 0.717) is 4.68 Å². The highest BCUT2D eigenvalue weighted by molar-refractivity contribution is 7.71. The summed E-state index contributed by atoms with van der Waals surface area (Å²) in [7, 11) is 1.44. The van der Waals surface area contributed by atoms with E-state index in [1.165, 1.54) is 7.05 Å². The number of hydrogen-bond donors (Lipinski definition) is 0. The van der Waals surface area contributed by atoms with Gasteiger partial charge >= 0.3 is 11.4 Å². The minimum absolute atomic E-state index is 0.0921. The predicted octanol–water partition coefficient (Wildman–Crippen LogP) is 0.515. The Morgan fingerprint density at radius 3 is 2.12 bits per heavy atom. The van der Waals surface area contributed by atoms with E-state index in [-0.39, 0.29) is 4.77 Å². The summed E-state index contributed by atoms with van der Waals surface area (Å²) in [6.45, 7) is 12.0. The van der Waals surface area contributed by atoms with Crippen molar-refractivity contribution in [2.24, 2.45) is 7.05 Å². The van der Waals surface area contributed by atoms with Gasteiger partial charge in [0.1, 0.15) is 0 Å². The van der Waals surface area contributed by atoms with Crippen molar-refractivity contribution in [1.82, 2.24) is 13.8 Å². The summed E-state index contributed by atoms with van der Waals surface area (Å²) in [6.07, 6.45) is 0. The summed E-state index contributed by atoms with van der Waals surface area (Å²) in [6, 6.07) is 0. The van der Waals surface area contributed by atoms with Crippen LogP contribution in [0.1, 0.15) is 20.8 Å². The van der Waals surface area contributed by atoms with Crippen LogP contribution in [0.25, 0.3) is 4.95 Å². The van der Waals surface area contributed by atoms with Crippen LogP contribution >= 0.6 is 12.2 Å². The summed E-state index contributed by atoms with van der Waals surface area (Å²) in [4.78, 5) is 26.8. The average molecular weight is 240 g/mol. The Morgan fingerprint density at radius 1 is 1.25 bits per heavy atom. The highest BCUT2D eigenvalue weighted by atomic mass is 32.1. The van der Waals surface area contributed by atoms with Crippen LogP contribution in [0.4, 0.5) is 0 Å². The molecular formula is C9H12N4O2S. The Balaban J connectivity index is 4.03. The van der Waals surface area contributed by atoms with Crippen molar-refractivity contribution >= 4 is 12.2 Å². The van der Waals surface area contributed by atoms with Crippen molar-refractivity contribution in [2.75, 3.05) is 0 Å². The number of aromatic nitrogens is 3. The van der Waals surface area contributed by atoms with Gasteiger partial charge in [0.25, 0.3) is 4.77 Å². The molecule has 1 rings (SSSR count). The second-order valence-corrected chi connectivity index (χ2v) is 4.69. The van der Waals surface area contributed by atoms with Gasteiger partial charge < -0.3 is 0 Å². The molecule has 16 heavy (non-hydrogen) atoms. The molecule has 0 bridgehead atoms. The van der Waals surface area contributed by atoms with E-state index >= 15 is 0 Å². The van der Waals surface area contributed by atoms with E-state index in [9.17, 15) is 9.59 Å². The first kappa shape index (κ1) is 12.4. The monoisotopic (exact) mass is 240 g/mol. The summed E-state index contributed by atoms with van der Waals surface area (Å²) in [5.41, 5.74) is -1.90. The molecule has 0 amide bonds. The van der Waals surface area contributed by atoms with E-state index in [1.54, 1.807) is 20.8 Å². The van der Waals surface area contributed by atoms with Gasteiger partial charge in [0.2, 0.25) is 0 Å². The molecule has 0 saturated carbocycles. The summed E-state index contributed by atoms with van der Waals surface area (Å²) < 4.78 is 2.74. The van der Waals surface area contributed by atoms with Crippen LogP contribution in [-0.2, 0) is 12.6 Å². The predicted molar refractivity (Wildman–Crippen MR) is 61.8 cm³/mol. The van der Waals surface area contributed by atoms with E-state index in [0.717, 1.165) is 9.13 Å². The lowest BCUT2D eigenvalue weighted by Crippen LogP contribution is -2.50. The molecule has 0 atom stereocenters. The third kappa shape index (κ3) is 1.72. The SMILES string of the molecule is [C-]#[N+]n1c(=S)n(C)c(=O)n(C(C)(C)C)c1=O. The van der Waals surface area contributed by atoms with Gasteiger partial charge in [0.05, 0.1) is 0 Å². The molecule has 86 valence electrons. The fraction of sp³-hybridized carbons (Fsp3) is 0.556. The summed E-state index contributed by atoms with van der Waals surface area (Å²) in [5, 5.41) is 0. The first-order chi connectivity index (χ1) is 7.21. The zero-order valence-corrected chi connectivity index (χ0v) is 10.3. The molecule has 0 fully saturated rings. The minimum atomic E-state index is -0.699. The second-order valence-electron chi connectivity index (χ2n) is 4.32. The maximum atomic E-state index is 11.9. The van der Waals surface area contributed by atoms with Gasteiger partial charge in [-0.3, -0.25) is 4.57 Å². The van der Waals surface area contributed by atoms with Gasteiger partial charge in [-0.1, -0.05) is 0 Å². The lowest BCUT2D eigenvalue weighted by atomic mass is 10.1. The van der Waals surface area contributed by atoms with Crippen molar-refractivity contribution in [3.8, 4) is 0 Å². The molecule has 0 radical (unpaired) electrons. The van der Waals surface area contributed by atoms with Crippen LogP contribution in [-0.4, -0.2) is 13.8 Å². The normalized spacial score (nSPS) is 11.2. The Morgan fingerprint density at radius 2 is 1.75 bits per heavy atom. The quantitative estimate of drug-likeness (QED) is 0.490. The molecule has 1 aromatic rings. The Kier molecular flexibility index (Phi) is 2.88. The maximum Gasteiger partial charge on any atom is 0.403 e. The molecule has 0 N–H and O–H groups in total. The molecule has 0 unspecified atom stereocenters. The van der Waals surface area contributed by atoms with Crippen molar-refractivity contribution in [2.45, 2.75) is 26.3 Å². The minimum Gasteiger partial charge on any atom is -0.268 e. The maximum absolute atomic E-state index is 11.9. The third-order valence-corrected chi connectivity index (χ3v) is 2.54. The van der Waals surface area contributed by atoms with Gasteiger partial charge in [-0.2, -0.15) is 6.57 Å². The average Bonchev–Trinajstić information content (AvgIpc) is 2.13. The first-order valence-electron chi connectivity index (χ1n) is 4.55. The number of hydrogen-bond acceptors (Lipinski definition) is 3. The standard InChI is InChI=1S/C9H12N4O2S/c1-9(2,3)12-6(14)11(5)8(16)13(10-4)7(12)15/h1-3,5H3. The topological polar surface area (TPSA) is 53.3 Å². The number of rotatable bonds is 0. The van der Waals surface area contributed by atoms with Crippen molar-refractivity contribution < 1.29 is 0 Å². The fourth-order valence-corrected chi connectivity index (χ4v) is 1.49. The Bertz CT molecular complexity index is 636. The molecule has 0 spiro atoms. The zero-order chi connectivity index (χ0) is 12.7. The van der Waals surface area contributed by atoms with E-state index < -0.39 is 16.9 Å². The Labute approximate surface area is 97.2 Å². The molecule has 0 aliphatic rings. The molecular weight excluding hydrogens is 228 g/mol. The van der Waals surface area contributed by atoms with Crippen LogP contribution < -0.4 is 11.4 Å². The van der Waals surface area contributed by atoms with E-state index in [2.05, 4.69) is 4.95 Å². The summed E-state index contributed by atoms with van der Waals surface area (Å²) >= 11 is 4.85. The van der Waals surface area contributed by atoms with E-state index in [1.807, 2.05) is 0 Å². The van der Waals surface area contributed by atoms with Crippen LogP contribution in [0, 0.1) is 11.3 Å². The fourth-order valence-electron chi connectivity index (χ4n) is 1.29. The molecule has 0 aromatic carbocycles. The smallest absolute Gasteiger partial charge is 0.268 e. The van der Waals surface area contributed by atoms with Gasteiger partial charge in [0.15, 0.2) is 0 Å². The molecule has 0 aliphatic carbocycles. The molecule has 7 heteroatoms. The molecule has 1 aromatic heterocycles. The zero-order valence-electron chi connectivity index (χ0n) is 9.51. The molecule has 1 heterocycles. The third-order valence-electron chi connectivity index (χ3n) is 2.09. The van der Waals surface area contributed by atoms with E-state index in [4.69, 9.17) is 18.8 Å². The highest BCUT2D eigenvalue weighted by Gasteiger charge is 2.23. The first-order valence-corrected chi connectivity index (χ1v) is 4.96. The molecule has 0 saturated heterocycles. The lowest BCUT2D eigenvalue weighted by molar-refractivity contribution is 0.340. The largest absolute Gasteiger partial charge is 0.403 e. The molecule has 6 nitrogen and oxygen atoms in total. The number of nitrogens with zero attached hydrogens (tertiary/aromatic N) is 4. The van der Waals surface area contributed by atoms with Crippen molar-refractivity contribution in [3.05, 3.63) is 37.3 Å².